The molecule has 0 spiro atoms. The summed E-state index contributed by atoms with van der Waals surface area (Å²) in [7, 11) is 6.32. The van der Waals surface area contributed by atoms with Crippen molar-refractivity contribution >= 4 is 11.9 Å². The zero-order chi connectivity index (χ0) is 14.2. The molecule has 0 radical (unpaired) electrons. The second kappa shape index (κ2) is 7.72. The molecule has 0 aromatic heterocycles. The maximum atomic E-state index is 11.2. The Morgan fingerprint density at radius 3 is 2.33 bits per heavy atom. The third kappa shape index (κ3) is 9.67. The van der Waals surface area contributed by atoms with Crippen molar-refractivity contribution in [1.82, 2.24) is 4.90 Å². The lowest BCUT2D eigenvalue weighted by molar-refractivity contribution is -0.862. The number of rotatable bonds is 2. The van der Waals surface area contributed by atoms with Gasteiger partial charge in [0.15, 0.2) is 0 Å². The van der Waals surface area contributed by atoms with E-state index < -0.39 is 5.97 Å². The molecule has 102 valence electrons. The molecular formula is C13H22N2O3. The predicted molar refractivity (Wildman–Crippen MR) is 67.2 cm³/mol. The minimum atomic E-state index is -1.08. The van der Waals surface area contributed by atoms with Gasteiger partial charge < -0.3 is 19.3 Å². The van der Waals surface area contributed by atoms with Gasteiger partial charge in [0, 0.05) is 18.9 Å². The van der Waals surface area contributed by atoms with E-state index in [2.05, 4.69) is 33.0 Å². The van der Waals surface area contributed by atoms with E-state index in [0.29, 0.717) is 13.0 Å². The molecule has 0 aliphatic carbocycles. The highest BCUT2D eigenvalue weighted by atomic mass is 16.4. The van der Waals surface area contributed by atoms with Gasteiger partial charge in [0.2, 0.25) is 5.91 Å². The first-order chi connectivity index (χ1) is 8.22. The average molecular weight is 254 g/mol. The van der Waals surface area contributed by atoms with Crippen molar-refractivity contribution in [3.05, 3.63) is 0 Å². The summed E-state index contributed by atoms with van der Waals surface area (Å²) in [6.45, 7) is 3.30. The number of aliphatic carboxylic acids is 1. The van der Waals surface area contributed by atoms with Crippen LogP contribution in [0.25, 0.3) is 0 Å². The smallest absolute Gasteiger partial charge is 0.223 e. The summed E-state index contributed by atoms with van der Waals surface area (Å²) in [6.07, 6.45) is 1.70. The van der Waals surface area contributed by atoms with Crippen LogP contribution in [0.4, 0.5) is 0 Å². The van der Waals surface area contributed by atoms with E-state index in [4.69, 9.17) is 9.90 Å². The van der Waals surface area contributed by atoms with Crippen LogP contribution < -0.4 is 5.11 Å². The number of carboxylic acid groups (broad SMARTS) is 1. The van der Waals surface area contributed by atoms with Gasteiger partial charge in [-0.3, -0.25) is 4.79 Å². The molecule has 5 heteroatoms. The number of carbonyl (C=O) groups excluding carboxylic acids is 2. The summed E-state index contributed by atoms with van der Waals surface area (Å²) in [4.78, 5) is 21.9. The van der Waals surface area contributed by atoms with Gasteiger partial charge in [-0.15, -0.1) is 0 Å². The van der Waals surface area contributed by atoms with Gasteiger partial charge in [0.05, 0.1) is 27.7 Å². The van der Waals surface area contributed by atoms with Crippen molar-refractivity contribution in [2.45, 2.75) is 19.8 Å². The molecule has 5 nitrogen and oxygen atoms in total. The van der Waals surface area contributed by atoms with Crippen LogP contribution in [0.2, 0.25) is 0 Å². The topological polar surface area (TPSA) is 60.4 Å². The van der Waals surface area contributed by atoms with Gasteiger partial charge in [-0.05, 0) is 19.3 Å². The Morgan fingerprint density at radius 1 is 1.39 bits per heavy atom. The highest BCUT2D eigenvalue weighted by Crippen LogP contribution is 2.07. The van der Waals surface area contributed by atoms with Crippen molar-refractivity contribution in [3.8, 4) is 11.8 Å². The number of carboxylic acids is 1. The Labute approximate surface area is 109 Å². The molecule has 18 heavy (non-hydrogen) atoms. The Balaban J connectivity index is 0.000000631. The third-order valence-corrected chi connectivity index (χ3v) is 2.12. The Bertz CT molecular complexity index is 343. The summed E-state index contributed by atoms with van der Waals surface area (Å²) in [5, 5.41) is 8.89. The van der Waals surface area contributed by atoms with Gasteiger partial charge in [-0.1, -0.05) is 5.92 Å². The quantitative estimate of drug-likeness (QED) is 0.473. The fourth-order valence-electron chi connectivity index (χ4n) is 1.32. The molecule has 1 saturated heterocycles. The minimum absolute atomic E-state index is 0.254. The molecule has 0 atom stereocenters. The first-order valence-corrected chi connectivity index (χ1v) is 5.94. The molecule has 0 aromatic rings. The third-order valence-electron chi connectivity index (χ3n) is 2.12. The van der Waals surface area contributed by atoms with E-state index in [1.807, 2.05) is 4.90 Å². The molecular weight excluding hydrogens is 232 g/mol. The van der Waals surface area contributed by atoms with Gasteiger partial charge in [0.25, 0.3) is 0 Å². The fourth-order valence-corrected chi connectivity index (χ4v) is 1.32. The standard InChI is InChI=1S/C11H19N2O.C2H4O2/c1-13(2,3)10-5-4-8-12-9-6-7-11(12)14;1-2(3)4/h6-10H2,1-3H3;1H3,(H,3,4)/q+1;/p-1. The van der Waals surface area contributed by atoms with E-state index in [-0.39, 0.29) is 5.91 Å². The van der Waals surface area contributed by atoms with Crippen molar-refractivity contribution in [1.29, 1.82) is 0 Å². The molecule has 0 unspecified atom stereocenters. The molecule has 1 aliphatic rings. The van der Waals surface area contributed by atoms with E-state index in [9.17, 15) is 4.79 Å². The van der Waals surface area contributed by atoms with Crippen LogP contribution in [0.1, 0.15) is 19.8 Å². The number of nitrogens with zero attached hydrogens (tertiary/aromatic N) is 2. The van der Waals surface area contributed by atoms with Crippen LogP contribution in [0.3, 0.4) is 0 Å². The Hall–Kier alpha value is -1.54. The van der Waals surface area contributed by atoms with Crippen LogP contribution in [0, 0.1) is 11.8 Å². The molecule has 0 aromatic carbocycles. The highest BCUT2D eigenvalue weighted by Gasteiger charge is 2.18. The summed E-state index contributed by atoms with van der Waals surface area (Å²) in [5.41, 5.74) is 0. The van der Waals surface area contributed by atoms with E-state index in [0.717, 1.165) is 30.9 Å². The second-order valence-corrected chi connectivity index (χ2v) is 5.21. The molecule has 1 aliphatic heterocycles. The summed E-state index contributed by atoms with van der Waals surface area (Å²) in [5.74, 6) is 5.33. The van der Waals surface area contributed by atoms with Gasteiger partial charge >= 0.3 is 0 Å². The second-order valence-electron chi connectivity index (χ2n) is 5.21. The summed E-state index contributed by atoms with van der Waals surface area (Å²) >= 11 is 0. The maximum absolute atomic E-state index is 11.2. The SMILES string of the molecule is CC(=O)[O-].C[N+](C)(C)CC#CCN1CCCC1=O. The largest absolute Gasteiger partial charge is 0.550 e. The lowest BCUT2D eigenvalue weighted by Gasteiger charge is -2.20. The van der Waals surface area contributed by atoms with Crippen molar-refractivity contribution < 1.29 is 19.2 Å². The lowest BCUT2D eigenvalue weighted by Crippen LogP contribution is -2.34. The van der Waals surface area contributed by atoms with E-state index in [1.165, 1.54) is 0 Å². The van der Waals surface area contributed by atoms with Crippen LogP contribution in [-0.2, 0) is 9.59 Å². The highest BCUT2D eigenvalue weighted by molar-refractivity contribution is 5.78. The first-order valence-electron chi connectivity index (χ1n) is 5.94. The number of amides is 1. The van der Waals surface area contributed by atoms with Crippen LogP contribution >= 0.6 is 0 Å². The molecule has 0 bridgehead atoms. The van der Waals surface area contributed by atoms with Crippen LogP contribution in [-0.4, -0.2) is 62.0 Å². The molecule has 1 rings (SSSR count). The van der Waals surface area contributed by atoms with Crippen molar-refractivity contribution in [2.24, 2.45) is 0 Å². The zero-order valence-electron chi connectivity index (χ0n) is 11.7. The van der Waals surface area contributed by atoms with Crippen molar-refractivity contribution in [3.63, 3.8) is 0 Å². The van der Waals surface area contributed by atoms with Crippen LogP contribution in [0.5, 0.6) is 0 Å². The molecule has 1 heterocycles. The molecule has 1 amide bonds. The van der Waals surface area contributed by atoms with Gasteiger partial charge in [-0.2, -0.15) is 0 Å². The van der Waals surface area contributed by atoms with Crippen LogP contribution in [0.15, 0.2) is 0 Å². The monoisotopic (exact) mass is 254 g/mol. The first kappa shape index (κ1) is 16.5. The fraction of sp³-hybridized carbons (Fsp3) is 0.692. The number of hydrogen-bond acceptors (Lipinski definition) is 3. The van der Waals surface area contributed by atoms with Crippen molar-refractivity contribution in [2.75, 3.05) is 40.8 Å². The number of quaternary nitrogens is 1. The Morgan fingerprint density at radius 2 is 1.94 bits per heavy atom. The lowest BCUT2D eigenvalue weighted by atomic mass is 10.4. The molecule has 0 saturated carbocycles. The summed E-state index contributed by atoms with van der Waals surface area (Å²) < 4.78 is 0.848. The Kier molecular flexibility index (Phi) is 7.06. The normalized spacial score (nSPS) is 14.4. The summed E-state index contributed by atoms with van der Waals surface area (Å²) in [6, 6.07) is 0. The number of likely N-dealkylation sites (tertiary alicyclic amines) is 1. The maximum Gasteiger partial charge on any atom is 0.223 e. The molecule has 1 fully saturated rings. The average Bonchev–Trinajstić information content (AvgIpc) is 2.57. The van der Waals surface area contributed by atoms with E-state index in [1.54, 1.807) is 0 Å². The number of carbonyl (C=O) groups is 2. The number of hydrogen-bond donors (Lipinski definition) is 0. The molecule has 0 N–H and O–H groups in total. The van der Waals surface area contributed by atoms with E-state index >= 15 is 0 Å². The minimum Gasteiger partial charge on any atom is -0.550 e. The van der Waals surface area contributed by atoms with Gasteiger partial charge in [0.1, 0.15) is 6.54 Å². The van der Waals surface area contributed by atoms with Gasteiger partial charge in [-0.25, -0.2) is 0 Å². The predicted octanol–water partition coefficient (Wildman–Crippen LogP) is -0.925. The zero-order valence-corrected chi connectivity index (χ0v) is 11.7.